The molecule has 1 aliphatic rings. The van der Waals surface area contributed by atoms with Crippen LogP contribution in [0.5, 0.6) is 0 Å². The minimum atomic E-state index is -0.867. The number of thioether (sulfide) groups is 1. The number of benzene rings is 1. The SMILES string of the molecule is CC1Sc2ccc(C(C)C(=O)O)cc2NC1=O. The molecule has 1 amide bonds. The van der Waals surface area contributed by atoms with Gasteiger partial charge in [0.2, 0.25) is 5.91 Å². The summed E-state index contributed by atoms with van der Waals surface area (Å²) < 4.78 is 0. The van der Waals surface area contributed by atoms with Crippen molar-refractivity contribution in [2.45, 2.75) is 29.9 Å². The van der Waals surface area contributed by atoms with E-state index < -0.39 is 11.9 Å². The molecule has 5 heteroatoms. The van der Waals surface area contributed by atoms with Crippen LogP contribution in [0.15, 0.2) is 23.1 Å². The summed E-state index contributed by atoms with van der Waals surface area (Å²) in [4.78, 5) is 23.4. The van der Waals surface area contributed by atoms with Crippen molar-refractivity contribution in [3.8, 4) is 0 Å². The standard InChI is InChI=1S/C12H13NO3S/c1-6(12(15)16)8-3-4-10-9(5-8)13-11(14)7(2)17-10/h3-7H,1-2H3,(H,13,14)(H,15,16). The Bertz CT molecular complexity index is 487. The van der Waals surface area contributed by atoms with Crippen LogP contribution in [0.2, 0.25) is 0 Å². The van der Waals surface area contributed by atoms with E-state index in [9.17, 15) is 9.59 Å². The summed E-state index contributed by atoms with van der Waals surface area (Å²) in [5.41, 5.74) is 1.41. The Morgan fingerprint density at radius 2 is 2.24 bits per heavy atom. The first-order valence-corrected chi connectivity index (χ1v) is 6.21. The highest BCUT2D eigenvalue weighted by Gasteiger charge is 2.24. The fraction of sp³-hybridized carbons (Fsp3) is 0.333. The predicted octanol–water partition coefficient (Wildman–Crippen LogP) is 2.31. The molecule has 17 heavy (non-hydrogen) atoms. The Hall–Kier alpha value is -1.49. The van der Waals surface area contributed by atoms with Crippen molar-refractivity contribution in [3.05, 3.63) is 23.8 Å². The molecule has 0 saturated carbocycles. The monoisotopic (exact) mass is 251 g/mol. The van der Waals surface area contributed by atoms with Gasteiger partial charge in [0.1, 0.15) is 0 Å². The fourth-order valence-corrected chi connectivity index (χ4v) is 2.57. The van der Waals surface area contributed by atoms with Crippen LogP contribution in [0.1, 0.15) is 25.3 Å². The third-order valence-electron chi connectivity index (χ3n) is 2.80. The van der Waals surface area contributed by atoms with Crippen molar-refractivity contribution in [1.29, 1.82) is 0 Å². The summed E-state index contributed by atoms with van der Waals surface area (Å²) in [6.07, 6.45) is 0. The van der Waals surface area contributed by atoms with E-state index >= 15 is 0 Å². The number of amides is 1. The fourth-order valence-electron chi connectivity index (χ4n) is 1.64. The van der Waals surface area contributed by atoms with Crippen molar-refractivity contribution in [3.63, 3.8) is 0 Å². The molecule has 0 saturated heterocycles. The van der Waals surface area contributed by atoms with Crippen molar-refractivity contribution in [1.82, 2.24) is 0 Å². The van der Waals surface area contributed by atoms with E-state index in [1.165, 1.54) is 11.8 Å². The average molecular weight is 251 g/mol. The van der Waals surface area contributed by atoms with Crippen LogP contribution >= 0.6 is 11.8 Å². The lowest BCUT2D eigenvalue weighted by Crippen LogP contribution is -2.26. The lowest BCUT2D eigenvalue weighted by molar-refractivity contribution is -0.138. The van der Waals surface area contributed by atoms with Gasteiger partial charge in [-0.3, -0.25) is 9.59 Å². The van der Waals surface area contributed by atoms with Gasteiger partial charge in [0.05, 0.1) is 16.9 Å². The molecule has 0 bridgehead atoms. The third-order valence-corrected chi connectivity index (χ3v) is 3.98. The molecule has 2 N–H and O–H groups in total. The maximum Gasteiger partial charge on any atom is 0.310 e. The Morgan fingerprint density at radius 1 is 1.53 bits per heavy atom. The lowest BCUT2D eigenvalue weighted by atomic mass is 10.0. The summed E-state index contributed by atoms with van der Waals surface area (Å²) in [5, 5.41) is 11.6. The van der Waals surface area contributed by atoms with Gasteiger partial charge in [-0.2, -0.15) is 0 Å². The van der Waals surface area contributed by atoms with E-state index in [-0.39, 0.29) is 11.2 Å². The molecule has 0 spiro atoms. The maximum absolute atomic E-state index is 11.5. The highest BCUT2D eigenvalue weighted by Crippen LogP contribution is 2.37. The van der Waals surface area contributed by atoms with Crippen LogP contribution in [-0.2, 0) is 9.59 Å². The zero-order valence-corrected chi connectivity index (χ0v) is 10.4. The van der Waals surface area contributed by atoms with Gasteiger partial charge in [0.25, 0.3) is 0 Å². The molecule has 1 aliphatic heterocycles. The van der Waals surface area contributed by atoms with Gasteiger partial charge >= 0.3 is 5.97 Å². The van der Waals surface area contributed by atoms with Crippen molar-refractivity contribution in [2.75, 3.05) is 5.32 Å². The molecule has 1 aromatic carbocycles. The second kappa shape index (κ2) is 4.41. The Labute approximate surface area is 103 Å². The van der Waals surface area contributed by atoms with Gasteiger partial charge in [-0.15, -0.1) is 11.8 Å². The molecule has 2 unspecified atom stereocenters. The van der Waals surface area contributed by atoms with Crippen molar-refractivity contribution >= 4 is 29.3 Å². The van der Waals surface area contributed by atoms with Gasteiger partial charge in [0.15, 0.2) is 0 Å². The van der Waals surface area contributed by atoms with E-state index in [1.54, 1.807) is 19.1 Å². The zero-order chi connectivity index (χ0) is 12.6. The molecule has 0 aromatic heterocycles. The maximum atomic E-state index is 11.5. The summed E-state index contributed by atoms with van der Waals surface area (Å²) in [6.45, 7) is 3.47. The molecule has 2 atom stereocenters. The second-order valence-corrected chi connectivity index (χ2v) is 5.45. The van der Waals surface area contributed by atoms with Crippen LogP contribution in [0.3, 0.4) is 0 Å². The molecular formula is C12H13NO3S. The molecule has 0 radical (unpaired) electrons. The molecule has 0 aliphatic carbocycles. The number of anilines is 1. The number of fused-ring (bicyclic) bond motifs is 1. The van der Waals surface area contributed by atoms with Gasteiger partial charge in [-0.25, -0.2) is 0 Å². The zero-order valence-electron chi connectivity index (χ0n) is 9.56. The largest absolute Gasteiger partial charge is 0.481 e. The minimum Gasteiger partial charge on any atom is -0.481 e. The van der Waals surface area contributed by atoms with Crippen LogP contribution in [-0.4, -0.2) is 22.2 Å². The van der Waals surface area contributed by atoms with Crippen LogP contribution in [0, 0.1) is 0 Å². The van der Waals surface area contributed by atoms with E-state index in [0.717, 1.165) is 4.90 Å². The third kappa shape index (κ3) is 2.29. The van der Waals surface area contributed by atoms with Crippen molar-refractivity contribution < 1.29 is 14.7 Å². The Morgan fingerprint density at radius 3 is 2.88 bits per heavy atom. The number of hydrogen-bond donors (Lipinski definition) is 2. The number of nitrogens with one attached hydrogen (secondary N) is 1. The predicted molar refractivity (Wildman–Crippen MR) is 66.4 cm³/mol. The van der Waals surface area contributed by atoms with Crippen molar-refractivity contribution in [2.24, 2.45) is 0 Å². The van der Waals surface area contributed by atoms with Gasteiger partial charge in [-0.1, -0.05) is 6.07 Å². The summed E-state index contributed by atoms with van der Waals surface area (Å²) >= 11 is 1.49. The van der Waals surface area contributed by atoms with Gasteiger partial charge < -0.3 is 10.4 Å². The van der Waals surface area contributed by atoms with E-state index in [4.69, 9.17) is 5.11 Å². The number of hydrogen-bond acceptors (Lipinski definition) is 3. The highest BCUT2D eigenvalue weighted by atomic mass is 32.2. The summed E-state index contributed by atoms with van der Waals surface area (Å²) in [5.74, 6) is -1.47. The van der Waals surface area contributed by atoms with Gasteiger partial charge in [0, 0.05) is 4.90 Å². The molecule has 1 aromatic rings. The number of carbonyl (C=O) groups is 2. The molecule has 90 valence electrons. The van der Waals surface area contributed by atoms with Crippen LogP contribution in [0.25, 0.3) is 0 Å². The smallest absolute Gasteiger partial charge is 0.310 e. The number of rotatable bonds is 2. The lowest BCUT2D eigenvalue weighted by Gasteiger charge is -2.22. The summed E-state index contributed by atoms with van der Waals surface area (Å²) in [6, 6.07) is 5.41. The molecular weight excluding hydrogens is 238 g/mol. The normalized spacial score (nSPS) is 20.4. The average Bonchev–Trinajstić information content (AvgIpc) is 2.29. The molecule has 4 nitrogen and oxygen atoms in total. The van der Waals surface area contributed by atoms with E-state index in [0.29, 0.717) is 11.3 Å². The Kier molecular flexibility index (Phi) is 3.11. The quantitative estimate of drug-likeness (QED) is 0.846. The number of aliphatic carboxylic acids is 1. The minimum absolute atomic E-state index is 0.0392. The molecule has 2 rings (SSSR count). The number of carbonyl (C=O) groups excluding carboxylic acids is 1. The van der Waals surface area contributed by atoms with E-state index in [1.807, 2.05) is 13.0 Å². The topological polar surface area (TPSA) is 66.4 Å². The Balaban J connectivity index is 2.35. The number of carboxylic acids is 1. The molecule has 1 heterocycles. The van der Waals surface area contributed by atoms with Gasteiger partial charge in [-0.05, 0) is 31.5 Å². The first-order chi connectivity index (χ1) is 7.99. The highest BCUT2D eigenvalue weighted by molar-refractivity contribution is 8.00. The van der Waals surface area contributed by atoms with Crippen LogP contribution in [0.4, 0.5) is 5.69 Å². The molecule has 0 fully saturated rings. The van der Waals surface area contributed by atoms with Crippen LogP contribution < -0.4 is 5.32 Å². The second-order valence-electron chi connectivity index (χ2n) is 4.06. The first-order valence-electron chi connectivity index (χ1n) is 5.33. The summed E-state index contributed by atoms with van der Waals surface area (Å²) in [7, 11) is 0. The number of carboxylic acid groups (broad SMARTS) is 1. The first kappa shape index (κ1) is 12.0. The van der Waals surface area contributed by atoms with E-state index in [2.05, 4.69) is 5.32 Å².